The van der Waals surface area contributed by atoms with Gasteiger partial charge in [0.1, 0.15) is 17.2 Å². The first-order valence-electron chi connectivity index (χ1n) is 6.79. The Bertz CT molecular complexity index is 781. The van der Waals surface area contributed by atoms with Crippen molar-refractivity contribution < 1.29 is 4.74 Å². The zero-order chi connectivity index (χ0) is 14.8. The van der Waals surface area contributed by atoms with E-state index in [4.69, 9.17) is 10.5 Å². The van der Waals surface area contributed by atoms with E-state index in [1.165, 1.54) is 0 Å². The molecule has 5 heteroatoms. The molecule has 0 saturated carbocycles. The molecule has 0 unspecified atom stereocenters. The van der Waals surface area contributed by atoms with Gasteiger partial charge in [-0.25, -0.2) is 4.98 Å². The number of ether oxygens (including phenoxy) is 1. The smallest absolute Gasteiger partial charge is 0.224 e. The molecule has 0 amide bonds. The molecule has 0 aliphatic carbocycles. The third-order valence-corrected chi connectivity index (χ3v) is 3.07. The van der Waals surface area contributed by atoms with Gasteiger partial charge in [-0.05, 0) is 12.1 Å². The van der Waals surface area contributed by atoms with Crippen LogP contribution >= 0.6 is 0 Å². The third-order valence-electron chi connectivity index (χ3n) is 3.07. The van der Waals surface area contributed by atoms with Crippen molar-refractivity contribution in [2.75, 3.05) is 5.73 Å². The minimum absolute atomic E-state index is 0.182. The van der Waals surface area contributed by atoms with Crippen LogP contribution in [0.25, 0.3) is 10.9 Å². The van der Waals surface area contributed by atoms with E-state index in [0.29, 0.717) is 23.3 Å². The van der Waals surface area contributed by atoms with E-state index in [-0.39, 0.29) is 5.92 Å². The Morgan fingerprint density at radius 3 is 2.71 bits per heavy atom. The van der Waals surface area contributed by atoms with Gasteiger partial charge in [0.15, 0.2) is 5.75 Å². The van der Waals surface area contributed by atoms with Crippen molar-refractivity contribution >= 4 is 16.7 Å². The van der Waals surface area contributed by atoms with Gasteiger partial charge >= 0.3 is 0 Å². The van der Waals surface area contributed by atoms with Crippen LogP contribution in [0.4, 0.5) is 5.82 Å². The third kappa shape index (κ3) is 2.76. The van der Waals surface area contributed by atoms with Crippen LogP contribution in [0.15, 0.2) is 42.6 Å². The lowest BCUT2D eigenvalue weighted by Crippen LogP contribution is -2.03. The summed E-state index contributed by atoms with van der Waals surface area (Å²) >= 11 is 0. The Kier molecular flexibility index (Phi) is 3.39. The quantitative estimate of drug-likeness (QED) is 0.794. The van der Waals surface area contributed by atoms with Crippen molar-refractivity contribution in [1.82, 2.24) is 15.0 Å². The van der Waals surface area contributed by atoms with E-state index in [2.05, 4.69) is 15.0 Å². The highest BCUT2D eigenvalue weighted by Gasteiger charge is 2.10. The molecule has 0 radical (unpaired) electrons. The molecule has 21 heavy (non-hydrogen) atoms. The molecule has 0 atom stereocenters. The summed E-state index contributed by atoms with van der Waals surface area (Å²) in [5.41, 5.74) is 6.61. The summed E-state index contributed by atoms with van der Waals surface area (Å²) < 4.78 is 5.87. The Balaban J connectivity index is 2.03. The van der Waals surface area contributed by atoms with E-state index in [1.807, 2.05) is 44.2 Å². The van der Waals surface area contributed by atoms with E-state index < -0.39 is 0 Å². The van der Waals surface area contributed by atoms with Crippen LogP contribution < -0.4 is 10.5 Å². The predicted octanol–water partition coefficient (Wildman–Crippen LogP) is 3.52. The average Bonchev–Trinajstić information content (AvgIpc) is 2.47. The number of pyridine rings is 1. The van der Waals surface area contributed by atoms with Crippen molar-refractivity contribution in [3.63, 3.8) is 0 Å². The summed E-state index contributed by atoms with van der Waals surface area (Å²) in [4.78, 5) is 13.0. The number of aromatic nitrogens is 3. The summed E-state index contributed by atoms with van der Waals surface area (Å²) in [6.07, 6.45) is 1.74. The normalized spacial score (nSPS) is 11.0. The zero-order valence-corrected chi connectivity index (χ0v) is 11.9. The molecule has 0 aliphatic rings. The van der Waals surface area contributed by atoms with E-state index in [9.17, 15) is 0 Å². The van der Waals surface area contributed by atoms with Crippen molar-refractivity contribution in [3.05, 3.63) is 48.4 Å². The second-order valence-corrected chi connectivity index (χ2v) is 5.08. The Morgan fingerprint density at radius 1 is 1.10 bits per heavy atom. The first-order chi connectivity index (χ1) is 10.1. The van der Waals surface area contributed by atoms with Gasteiger partial charge in [0.25, 0.3) is 0 Å². The van der Waals surface area contributed by atoms with Gasteiger partial charge in [-0.2, -0.15) is 4.98 Å². The van der Waals surface area contributed by atoms with Gasteiger partial charge in [-0.3, -0.25) is 4.98 Å². The number of nitrogen functional groups attached to an aromatic ring is 1. The minimum atomic E-state index is 0.182. The molecule has 0 aliphatic heterocycles. The molecule has 0 saturated heterocycles. The molecule has 3 aromatic rings. The molecule has 2 N–H and O–H groups in total. The Morgan fingerprint density at radius 2 is 1.90 bits per heavy atom. The number of nitrogens with two attached hydrogens (primary N) is 1. The van der Waals surface area contributed by atoms with E-state index >= 15 is 0 Å². The van der Waals surface area contributed by atoms with Crippen LogP contribution in [0.2, 0.25) is 0 Å². The molecule has 1 aromatic carbocycles. The number of rotatable bonds is 3. The summed E-state index contributed by atoms with van der Waals surface area (Å²) in [7, 11) is 0. The standard InChI is InChI=1S/C16H16N4O/c1-10(2)16-19-13(17)9-14(20-16)21-12-7-3-5-11-6-4-8-18-15(11)12/h3-10H,1-2H3,(H2,17,19,20). The fraction of sp³-hybridized carbons (Fsp3) is 0.188. The number of benzene rings is 1. The van der Waals surface area contributed by atoms with Gasteiger partial charge in [0, 0.05) is 23.6 Å². The molecule has 0 fully saturated rings. The summed E-state index contributed by atoms with van der Waals surface area (Å²) in [5, 5.41) is 1.01. The van der Waals surface area contributed by atoms with Gasteiger partial charge in [-0.1, -0.05) is 32.0 Å². The fourth-order valence-corrected chi connectivity index (χ4v) is 2.04. The van der Waals surface area contributed by atoms with Crippen molar-refractivity contribution in [2.24, 2.45) is 0 Å². The number of hydrogen-bond donors (Lipinski definition) is 1. The average molecular weight is 280 g/mol. The number of anilines is 1. The molecular formula is C16H16N4O. The van der Waals surface area contributed by atoms with Crippen molar-refractivity contribution in [2.45, 2.75) is 19.8 Å². The summed E-state index contributed by atoms with van der Waals surface area (Å²) in [6.45, 7) is 4.02. The monoisotopic (exact) mass is 280 g/mol. The molecular weight excluding hydrogens is 264 g/mol. The maximum Gasteiger partial charge on any atom is 0.224 e. The molecule has 106 valence electrons. The summed E-state index contributed by atoms with van der Waals surface area (Å²) in [6, 6.07) is 11.3. The summed E-state index contributed by atoms with van der Waals surface area (Å²) in [5.74, 6) is 2.34. The lowest BCUT2D eigenvalue weighted by Gasteiger charge is -2.10. The highest BCUT2D eigenvalue weighted by Crippen LogP contribution is 2.28. The Hall–Kier alpha value is -2.69. The van der Waals surface area contributed by atoms with E-state index in [1.54, 1.807) is 12.3 Å². The van der Waals surface area contributed by atoms with Crippen LogP contribution in [0.5, 0.6) is 11.6 Å². The van der Waals surface area contributed by atoms with Crippen molar-refractivity contribution in [3.8, 4) is 11.6 Å². The zero-order valence-electron chi connectivity index (χ0n) is 11.9. The van der Waals surface area contributed by atoms with Crippen molar-refractivity contribution in [1.29, 1.82) is 0 Å². The number of para-hydroxylation sites is 1. The van der Waals surface area contributed by atoms with Crippen LogP contribution in [0, 0.1) is 0 Å². The second kappa shape index (κ2) is 5.36. The highest BCUT2D eigenvalue weighted by atomic mass is 16.5. The predicted molar refractivity (Wildman–Crippen MR) is 82.4 cm³/mol. The largest absolute Gasteiger partial charge is 0.437 e. The van der Waals surface area contributed by atoms with Crippen LogP contribution in [-0.4, -0.2) is 15.0 Å². The van der Waals surface area contributed by atoms with Crippen LogP contribution in [0.1, 0.15) is 25.6 Å². The first-order valence-corrected chi connectivity index (χ1v) is 6.79. The fourth-order valence-electron chi connectivity index (χ4n) is 2.04. The maximum absolute atomic E-state index is 5.87. The molecule has 0 bridgehead atoms. The van der Waals surface area contributed by atoms with Gasteiger partial charge in [0.05, 0.1) is 0 Å². The van der Waals surface area contributed by atoms with E-state index in [0.717, 1.165) is 10.9 Å². The SMILES string of the molecule is CC(C)c1nc(N)cc(Oc2cccc3cccnc23)n1. The lowest BCUT2D eigenvalue weighted by atomic mass is 10.2. The second-order valence-electron chi connectivity index (χ2n) is 5.08. The molecule has 2 heterocycles. The number of nitrogens with zero attached hydrogens (tertiary/aromatic N) is 3. The number of hydrogen-bond acceptors (Lipinski definition) is 5. The highest BCUT2D eigenvalue weighted by molar-refractivity contribution is 5.84. The molecule has 3 rings (SSSR count). The maximum atomic E-state index is 5.87. The van der Waals surface area contributed by atoms with Gasteiger partial charge < -0.3 is 10.5 Å². The van der Waals surface area contributed by atoms with Gasteiger partial charge in [-0.15, -0.1) is 0 Å². The molecule has 0 spiro atoms. The first kappa shape index (κ1) is 13.3. The molecule has 2 aromatic heterocycles. The van der Waals surface area contributed by atoms with Crippen LogP contribution in [-0.2, 0) is 0 Å². The van der Waals surface area contributed by atoms with Crippen LogP contribution in [0.3, 0.4) is 0 Å². The molecule has 5 nitrogen and oxygen atoms in total. The number of fused-ring (bicyclic) bond motifs is 1. The Labute approximate surface area is 122 Å². The van der Waals surface area contributed by atoms with Gasteiger partial charge in [0.2, 0.25) is 5.88 Å². The lowest BCUT2D eigenvalue weighted by molar-refractivity contribution is 0.461. The minimum Gasteiger partial charge on any atom is -0.437 e. The topological polar surface area (TPSA) is 73.9 Å².